The lowest BCUT2D eigenvalue weighted by molar-refractivity contribution is -0.122. The summed E-state index contributed by atoms with van der Waals surface area (Å²) in [6.07, 6.45) is 0.792. The fraction of sp³-hybridized carbons (Fsp3) is 0.348. The van der Waals surface area contributed by atoms with Crippen molar-refractivity contribution in [1.29, 1.82) is 0 Å². The molecule has 2 saturated heterocycles. The molecule has 11 heteroatoms. The van der Waals surface area contributed by atoms with Crippen LogP contribution in [0.15, 0.2) is 53.4 Å². The number of benzene rings is 2. The molecule has 0 bridgehead atoms. The molecule has 2 unspecified atom stereocenters. The summed E-state index contributed by atoms with van der Waals surface area (Å²) in [6.45, 7) is 1.81. The standard InChI is InChI=1S/C23H24ClN3O6S/c1-15(28)25-17-6-10-20(11-7-17)34(31,32)26(14-19-3-2-12-33-19)21-13-22(29)27(23(21)30)18-8-4-16(24)5-9-18/h4-11,19,21H,2-3,12-14H2,1H3,(H,25,28). The quantitative estimate of drug-likeness (QED) is 0.579. The fourth-order valence-electron chi connectivity index (χ4n) is 4.13. The van der Waals surface area contributed by atoms with Gasteiger partial charge in [-0.25, -0.2) is 13.3 Å². The average Bonchev–Trinajstić information content (AvgIpc) is 3.40. The van der Waals surface area contributed by atoms with Gasteiger partial charge < -0.3 is 10.1 Å². The van der Waals surface area contributed by atoms with Crippen molar-refractivity contribution in [2.24, 2.45) is 0 Å². The largest absolute Gasteiger partial charge is 0.377 e. The van der Waals surface area contributed by atoms with E-state index in [0.29, 0.717) is 29.4 Å². The first-order chi connectivity index (χ1) is 16.2. The molecule has 180 valence electrons. The summed E-state index contributed by atoms with van der Waals surface area (Å²) in [5.41, 5.74) is 0.772. The molecule has 2 aliphatic heterocycles. The van der Waals surface area contributed by atoms with Crippen LogP contribution in [-0.4, -0.2) is 55.7 Å². The van der Waals surface area contributed by atoms with Gasteiger partial charge in [-0.2, -0.15) is 4.31 Å². The van der Waals surface area contributed by atoms with Crippen molar-refractivity contribution in [3.05, 3.63) is 53.6 Å². The molecule has 2 aliphatic rings. The van der Waals surface area contributed by atoms with E-state index in [9.17, 15) is 22.8 Å². The Kier molecular flexibility index (Phi) is 7.04. The van der Waals surface area contributed by atoms with Gasteiger partial charge in [-0.1, -0.05) is 11.6 Å². The summed E-state index contributed by atoms with van der Waals surface area (Å²) >= 11 is 5.92. The predicted octanol–water partition coefficient (Wildman–Crippen LogP) is 2.80. The van der Waals surface area contributed by atoms with Crippen molar-refractivity contribution in [2.45, 2.75) is 43.2 Å². The number of anilines is 2. The second-order valence-electron chi connectivity index (χ2n) is 8.18. The number of carbonyl (C=O) groups excluding carboxylic acids is 3. The van der Waals surface area contributed by atoms with Crippen molar-refractivity contribution in [2.75, 3.05) is 23.4 Å². The van der Waals surface area contributed by atoms with Crippen LogP contribution in [-0.2, 0) is 29.1 Å². The lowest BCUT2D eigenvalue weighted by atomic mass is 10.2. The lowest BCUT2D eigenvalue weighted by Gasteiger charge is -2.29. The molecule has 0 spiro atoms. The highest BCUT2D eigenvalue weighted by molar-refractivity contribution is 7.89. The van der Waals surface area contributed by atoms with Gasteiger partial charge in [-0.05, 0) is 61.4 Å². The third kappa shape index (κ3) is 5.00. The topological polar surface area (TPSA) is 113 Å². The van der Waals surface area contributed by atoms with Crippen molar-refractivity contribution >= 4 is 50.7 Å². The van der Waals surface area contributed by atoms with Crippen LogP contribution in [0.25, 0.3) is 0 Å². The molecule has 2 aromatic rings. The SMILES string of the molecule is CC(=O)Nc1ccc(S(=O)(=O)N(CC2CCCO2)C2CC(=O)N(c3ccc(Cl)cc3)C2=O)cc1. The van der Waals surface area contributed by atoms with E-state index in [1.54, 1.807) is 24.3 Å². The molecule has 34 heavy (non-hydrogen) atoms. The van der Waals surface area contributed by atoms with Crippen LogP contribution in [0, 0.1) is 0 Å². The van der Waals surface area contributed by atoms with Gasteiger partial charge in [0.15, 0.2) is 0 Å². The van der Waals surface area contributed by atoms with E-state index in [4.69, 9.17) is 16.3 Å². The maximum absolute atomic E-state index is 13.7. The van der Waals surface area contributed by atoms with Crippen LogP contribution >= 0.6 is 11.6 Å². The normalized spacial score (nSPS) is 20.9. The Morgan fingerprint density at radius 2 is 1.82 bits per heavy atom. The average molecular weight is 506 g/mol. The first kappa shape index (κ1) is 24.3. The molecule has 2 atom stereocenters. The van der Waals surface area contributed by atoms with Gasteiger partial charge in [0.1, 0.15) is 6.04 Å². The maximum Gasteiger partial charge on any atom is 0.252 e. The van der Waals surface area contributed by atoms with Crippen molar-refractivity contribution < 1.29 is 27.5 Å². The van der Waals surface area contributed by atoms with Crippen LogP contribution in [0.4, 0.5) is 11.4 Å². The van der Waals surface area contributed by atoms with Crippen LogP contribution < -0.4 is 10.2 Å². The number of rotatable bonds is 7. The summed E-state index contributed by atoms with van der Waals surface area (Å²) in [5, 5.41) is 3.03. The minimum Gasteiger partial charge on any atom is -0.377 e. The maximum atomic E-state index is 13.7. The smallest absolute Gasteiger partial charge is 0.252 e. The molecule has 1 N–H and O–H groups in total. The second-order valence-corrected chi connectivity index (χ2v) is 10.5. The zero-order valence-corrected chi connectivity index (χ0v) is 20.0. The minimum atomic E-state index is -4.17. The summed E-state index contributed by atoms with van der Waals surface area (Å²) in [7, 11) is -4.17. The second kappa shape index (κ2) is 9.83. The molecular weight excluding hydrogens is 482 g/mol. The fourth-order valence-corrected chi connectivity index (χ4v) is 5.87. The molecule has 0 saturated carbocycles. The van der Waals surface area contributed by atoms with Gasteiger partial charge in [-0.3, -0.25) is 14.4 Å². The van der Waals surface area contributed by atoms with Gasteiger partial charge in [0.05, 0.1) is 23.1 Å². The summed E-state index contributed by atoms with van der Waals surface area (Å²) < 4.78 is 34.0. The predicted molar refractivity (Wildman–Crippen MR) is 126 cm³/mol. The van der Waals surface area contributed by atoms with E-state index in [-0.39, 0.29) is 29.9 Å². The van der Waals surface area contributed by atoms with E-state index in [1.807, 2.05) is 0 Å². The Hall–Kier alpha value is -2.79. The van der Waals surface area contributed by atoms with Gasteiger partial charge in [0.25, 0.3) is 5.91 Å². The third-order valence-electron chi connectivity index (χ3n) is 5.74. The Balaban J connectivity index is 1.67. The van der Waals surface area contributed by atoms with Crippen LogP contribution in [0.1, 0.15) is 26.2 Å². The van der Waals surface area contributed by atoms with E-state index >= 15 is 0 Å². The van der Waals surface area contributed by atoms with E-state index in [2.05, 4.69) is 5.32 Å². The number of hydrogen-bond acceptors (Lipinski definition) is 6. The van der Waals surface area contributed by atoms with Gasteiger partial charge in [-0.15, -0.1) is 0 Å². The first-order valence-electron chi connectivity index (χ1n) is 10.8. The minimum absolute atomic E-state index is 0.0477. The zero-order valence-electron chi connectivity index (χ0n) is 18.4. The zero-order chi connectivity index (χ0) is 24.5. The van der Waals surface area contributed by atoms with E-state index in [1.165, 1.54) is 31.2 Å². The number of nitrogens with one attached hydrogen (secondary N) is 1. The number of amides is 3. The van der Waals surface area contributed by atoms with Crippen LogP contribution in [0.5, 0.6) is 0 Å². The highest BCUT2D eigenvalue weighted by atomic mass is 35.5. The molecule has 9 nitrogen and oxygen atoms in total. The number of carbonyl (C=O) groups is 3. The van der Waals surface area contributed by atoms with Gasteiger partial charge >= 0.3 is 0 Å². The number of ether oxygens (including phenoxy) is 1. The Morgan fingerprint density at radius 1 is 1.15 bits per heavy atom. The summed E-state index contributed by atoms with van der Waals surface area (Å²) in [5.74, 6) is -1.40. The molecule has 2 heterocycles. The van der Waals surface area contributed by atoms with Crippen LogP contribution in [0.2, 0.25) is 5.02 Å². The summed E-state index contributed by atoms with van der Waals surface area (Å²) in [4.78, 5) is 38.4. The number of halogens is 1. The van der Waals surface area contributed by atoms with Crippen molar-refractivity contribution in [3.63, 3.8) is 0 Å². The lowest BCUT2D eigenvalue weighted by Crippen LogP contribution is -2.48. The molecule has 0 radical (unpaired) electrons. The molecule has 2 fully saturated rings. The number of sulfonamides is 1. The molecule has 0 aliphatic carbocycles. The number of imide groups is 1. The highest BCUT2D eigenvalue weighted by Crippen LogP contribution is 2.31. The van der Waals surface area contributed by atoms with E-state index < -0.39 is 27.9 Å². The monoisotopic (exact) mass is 505 g/mol. The molecule has 2 aromatic carbocycles. The number of hydrogen-bond donors (Lipinski definition) is 1. The van der Waals surface area contributed by atoms with Crippen LogP contribution in [0.3, 0.4) is 0 Å². The number of nitrogens with zero attached hydrogens (tertiary/aromatic N) is 2. The molecule has 3 amide bonds. The van der Waals surface area contributed by atoms with Crippen molar-refractivity contribution in [1.82, 2.24) is 4.31 Å². The van der Waals surface area contributed by atoms with Gasteiger partial charge in [0, 0.05) is 30.8 Å². The first-order valence-corrected chi connectivity index (χ1v) is 12.6. The van der Waals surface area contributed by atoms with E-state index in [0.717, 1.165) is 15.6 Å². The van der Waals surface area contributed by atoms with Gasteiger partial charge in [0.2, 0.25) is 21.8 Å². The Labute approximate surface area is 202 Å². The summed E-state index contributed by atoms with van der Waals surface area (Å²) in [6, 6.07) is 10.7. The highest BCUT2D eigenvalue weighted by Gasteiger charge is 2.47. The molecule has 4 rings (SSSR count). The Bertz CT molecular complexity index is 1190. The third-order valence-corrected chi connectivity index (χ3v) is 7.88. The molecular formula is C23H24ClN3O6S. The van der Waals surface area contributed by atoms with Crippen molar-refractivity contribution in [3.8, 4) is 0 Å². The molecule has 0 aromatic heterocycles. The Morgan fingerprint density at radius 3 is 2.41 bits per heavy atom.